The molecule has 1 aromatic heterocycles. The first-order chi connectivity index (χ1) is 14.0. The lowest BCUT2D eigenvalue weighted by molar-refractivity contribution is -0.152. The predicted molar refractivity (Wildman–Crippen MR) is 100 cm³/mol. The maximum atomic E-state index is 12.6. The Bertz CT molecular complexity index is 1010. The summed E-state index contributed by atoms with van der Waals surface area (Å²) >= 11 is 0. The van der Waals surface area contributed by atoms with Crippen LogP contribution < -0.4 is 9.47 Å². The van der Waals surface area contributed by atoms with Gasteiger partial charge >= 0.3 is 12.1 Å². The number of hydrogen-bond acceptors (Lipinski definition) is 5. The first-order valence-corrected chi connectivity index (χ1v) is 8.83. The molecule has 0 amide bonds. The van der Waals surface area contributed by atoms with Crippen LogP contribution in [-0.4, -0.2) is 21.8 Å². The second kappa shape index (κ2) is 8.10. The summed E-state index contributed by atoms with van der Waals surface area (Å²) in [6, 6.07) is 12.6. The first kappa shape index (κ1) is 21.2. The molecule has 3 rings (SSSR count). The zero-order chi connectivity index (χ0) is 21.9. The van der Waals surface area contributed by atoms with Crippen molar-refractivity contribution in [1.29, 1.82) is 0 Å². The van der Waals surface area contributed by atoms with Gasteiger partial charge in [-0.05, 0) is 50.2 Å². The van der Waals surface area contributed by atoms with E-state index in [0.29, 0.717) is 28.5 Å². The summed E-state index contributed by atoms with van der Waals surface area (Å²) in [6.07, 6.45) is -4.40. The number of carbonyl (C=O) groups is 1. The fourth-order valence-corrected chi connectivity index (χ4v) is 2.44. The number of carboxylic acids is 1. The van der Waals surface area contributed by atoms with Gasteiger partial charge in [-0.3, -0.25) is 0 Å². The van der Waals surface area contributed by atoms with E-state index in [1.807, 2.05) is 0 Å². The van der Waals surface area contributed by atoms with Crippen molar-refractivity contribution < 1.29 is 37.1 Å². The smallest absolute Gasteiger partial charge is 0.416 e. The molecular formula is C21H18F3NO5. The molecule has 2 aromatic carbocycles. The van der Waals surface area contributed by atoms with Crippen molar-refractivity contribution in [3.63, 3.8) is 0 Å². The monoisotopic (exact) mass is 421 g/mol. The molecule has 0 saturated carbocycles. The van der Waals surface area contributed by atoms with Gasteiger partial charge in [-0.25, -0.2) is 4.79 Å². The van der Waals surface area contributed by atoms with E-state index >= 15 is 0 Å². The Labute approximate surface area is 169 Å². The van der Waals surface area contributed by atoms with E-state index < -0.39 is 23.3 Å². The van der Waals surface area contributed by atoms with Gasteiger partial charge in [-0.2, -0.15) is 13.2 Å². The van der Waals surface area contributed by atoms with Crippen molar-refractivity contribution in [3.8, 4) is 22.8 Å². The molecule has 3 aromatic rings. The summed E-state index contributed by atoms with van der Waals surface area (Å²) in [5.41, 5.74) is -1.23. The van der Waals surface area contributed by atoms with E-state index in [1.54, 1.807) is 30.3 Å². The molecule has 0 saturated heterocycles. The second-order valence-corrected chi connectivity index (χ2v) is 6.93. The lowest BCUT2D eigenvalue weighted by Crippen LogP contribution is -2.37. The van der Waals surface area contributed by atoms with Crippen molar-refractivity contribution in [1.82, 2.24) is 5.16 Å². The molecule has 6 nitrogen and oxygen atoms in total. The SMILES string of the molecule is CC(C)(Oc1ccc(OCc2cc(-c3ccc(C(F)(F)F)cc3)no2)cc1)C(=O)O. The van der Waals surface area contributed by atoms with Crippen LogP contribution in [0.4, 0.5) is 13.2 Å². The number of benzene rings is 2. The van der Waals surface area contributed by atoms with Gasteiger partial charge in [-0.1, -0.05) is 17.3 Å². The maximum Gasteiger partial charge on any atom is 0.416 e. The van der Waals surface area contributed by atoms with Crippen LogP contribution in [0.5, 0.6) is 11.5 Å². The minimum absolute atomic E-state index is 0.0501. The van der Waals surface area contributed by atoms with Gasteiger partial charge in [-0.15, -0.1) is 0 Å². The second-order valence-electron chi connectivity index (χ2n) is 6.93. The van der Waals surface area contributed by atoms with Crippen LogP contribution in [0, 0.1) is 0 Å². The molecule has 9 heteroatoms. The number of aliphatic carboxylic acids is 1. The van der Waals surface area contributed by atoms with Crippen LogP contribution in [0.1, 0.15) is 25.2 Å². The van der Waals surface area contributed by atoms with Crippen LogP contribution in [0.15, 0.2) is 59.1 Å². The van der Waals surface area contributed by atoms with Gasteiger partial charge in [0, 0.05) is 11.6 Å². The third kappa shape index (κ3) is 5.11. The van der Waals surface area contributed by atoms with Crippen LogP contribution in [0.25, 0.3) is 11.3 Å². The highest BCUT2D eigenvalue weighted by atomic mass is 19.4. The molecule has 0 aliphatic rings. The molecule has 0 aliphatic carbocycles. The van der Waals surface area contributed by atoms with Gasteiger partial charge in [0.05, 0.1) is 5.56 Å². The number of nitrogens with zero attached hydrogens (tertiary/aromatic N) is 1. The van der Waals surface area contributed by atoms with E-state index in [4.69, 9.17) is 19.1 Å². The van der Waals surface area contributed by atoms with Crippen LogP contribution in [0.2, 0.25) is 0 Å². The number of aromatic nitrogens is 1. The standard InChI is InChI=1S/C21H18F3NO5/c1-20(2,19(26)27)29-16-9-7-15(8-10-16)28-12-17-11-18(25-30-17)13-3-5-14(6-4-13)21(22,23)24/h3-11H,12H2,1-2H3,(H,26,27). The van der Waals surface area contributed by atoms with Crippen LogP contribution >= 0.6 is 0 Å². The average Bonchev–Trinajstić information content (AvgIpc) is 3.15. The van der Waals surface area contributed by atoms with E-state index in [-0.39, 0.29) is 6.61 Å². The Morgan fingerprint density at radius 2 is 1.63 bits per heavy atom. The molecule has 0 unspecified atom stereocenters. The fourth-order valence-electron chi connectivity index (χ4n) is 2.44. The van der Waals surface area contributed by atoms with Crippen LogP contribution in [0.3, 0.4) is 0 Å². The Morgan fingerprint density at radius 3 is 2.20 bits per heavy atom. The molecule has 1 N–H and O–H groups in total. The highest BCUT2D eigenvalue weighted by molar-refractivity contribution is 5.76. The van der Waals surface area contributed by atoms with E-state index in [1.165, 1.54) is 26.0 Å². The first-order valence-electron chi connectivity index (χ1n) is 8.83. The van der Waals surface area contributed by atoms with Crippen molar-refractivity contribution in [2.45, 2.75) is 32.2 Å². The number of carboxylic acid groups (broad SMARTS) is 1. The van der Waals surface area contributed by atoms with E-state index in [9.17, 15) is 18.0 Å². The Morgan fingerprint density at radius 1 is 1.03 bits per heavy atom. The summed E-state index contributed by atoms with van der Waals surface area (Å²) < 4.78 is 54.1. The van der Waals surface area contributed by atoms with Gasteiger partial charge in [0.2, 0.25) is 0 Å². The average molecular weight is 421 g/mol. The Kier molecular flexibility index (Phi) is 5.73. The van der Waals surface area contributed by atoms with Crippen molar-refractivity contribution in [2.75, 3.05) is 0 Å². The predicted octanol–water partition coefficient (Wildman–Crippen LogP) is 5.18. The lowest BCUT2D eigenvalue weighted by atomic mass is 10.1. The highest BCUT2D eigenvalue weighted by Crippen LogP contribution is 2.31. The zero-order valence-electron chi connectivity index (χ0n) is 16.1. The summed E-state index contributed by atoms with van der Waals surface area (Å²) in [5, 5.41) is 12.9. The van der Waals surface area contributed by atoms with E-state index in [0.717, 1.165) is 12.1 Å². The molecule has 0 bridgehead atoms. The largest absolute Gasteiger partial charge is 0.486 e. The van der Waals surface area contributed by atoms with Gasteiger partial charge in [0.15, 0.2) is 11.4 Å². The molecular weight excluding hydrogens is 403 g/mol. The molecule has 1 heterocycles. The molecule has 0 aliphatic heterocycles. The molecule has 158 valence electrons. The van der Waals surface area contributed by atoms with Gasteiger partial charge < -0.3 is 19.1 Å². The molecule has 0 atom stereocenters. The van der Waals surface area contributed by atoms with E-state index in [2.05, 4.69) is 5.16 Å². The van der Waals surface area contributed by atoms with Gasteiger partial charge in [0.1, 0.15) is 23.8 Å². The Balaban J connectivity index is 1.60. The van der Waals surface area contributed by atoms with Crippen molar-refractivity contribution in [2.24, 2.45) is 0 Å². The number of alkyl halides is 3. The Hall–Kier alpha value is -3.49. The normalized spacial score (nSPS) is 11.9. The zero-order valence-corrected chi connectivity index (χ0v) is 16.1. The summed E-state index contributed by atoms with van der Waals surface area (Å²) in [5.74, 6) is 0.163. The number of ether oxygens (including phenoxy) is 2. The molecule has 0 fully saturated rings. The fraction of sp³-hybridized carbons (Fsp3) is 0.238. The number of halogens is 3. The molecule has 0 spiro atoms. The molecule has 0 radical (unpaired) electrons. The third-order valence-corrected chi connectivity index (χ3v) is 4.16. The maximum absolute atomic E-state index is 12.6. The lowest BCUT2D eigenvalue weighted by Gasteiger charge is -2.21. The summed E-state index contributed by atoms with van der Waals surface area (Å²) in [7, 11) is 0. The topological polar surface area (TPSA) is 81.8 Å². The van der Waals surface area contributed by atoms with Gasteiger partial charge in [0.25, 0.3) is 0 Å². The van der Waals surface area contributed by atoms with Crippen LogP contribution in [-0.2, 0) is 17.6 Å². The number of hydrogen-bond donors (Lipinski definition) is 1. The highest BCUT2D eigenvalue weighted by Gasteiger charge is 2.30. The minimum Gasteiger partial charge on any atom is -0.486 e. The van der Waals surface area contributed by atoms with Crippen molar-refractivity contribution in [3.05, 3.63) is 65.9 Å². The summed E-state index contributed by atoms with van der Waals surface area (Å²) in [4.78, 5) is 11.1. The third-order valence-electron chi connectivity index (χ3n) is 4.16. The quantitative estimate of drug-likeness (QED) is 0.566. The minimum atomic E-state index is -4.40. The summed E-state index contributed by atoms with van der Waals surface area (Å²) in [6.45, 7) is 2.93. The van der Waals surface area contributed by atoms with Crippen molar-refractivity contribution >= 4 is 5.97 Å². The molecule has 30 heavy (non-hydrogen) atoms. The number of rotatable bonds is 7.